The quantitative estimate of drug-likeness (QED) is 0.899. The Morgan fingerprint density at radius 1 is 1.21 bits per heavy atom. The predicted molar refractivity (Wildman–Crippen MR) is 97.3 cm³/mol. The second kappa shape index (κ2) is 6.40. The molecule has 0 atom stereocenters. The molecule has 0 fully saturated rings. The molecule has 1 N–H and O–H groups in total. The Bertz CT molecular complexity index is 774. The molecule has 126 valence electrons. The van der Waals surface area contributed by atoms with Gasteiger partial charge in [-0.25, -0.2) is 0 Å². The molecule has 0 spiro atoms. The minimum absolute atomic E-state index is 0.0127. The van der Waals surface area contributed by atoms with Crippen LogP contribution >= 0.6 is 11.3 Å². The van der Waals surface area contributed by atoms with Gasteiger partial charge in [-0.15, -0.1) is 11.3 Å². The summed E-state index contributed by atoms with van der Waals surface area (Å²) in [7, 11) is 0. The van der Waals surface area contributed by atoms with Gasteiger partial charge in [-0.1, -0.05) is 26.8 Å². The van der Waals surface area contributed by atoms with Gasteiger partial charge in [-0.2, -0.15) is 0 Å². The topological polar surface area (TPSA) is 49.4 Å². The first-order valence-electron chi connectivity index (χ1n) is 8.10. The minimum atomic E-state index is -0.470. The third-order valence-corrected chi connectivity index (χ3v) is 5.17. The number of fused-ring (bicyclic) bond motifs is 1. The van der Waals surface area contributed by atoms with Gasteiger partial charge in [0.1, 0.15) is 0 Å². The van der Waals surface area contributed by atoms with Gasteiger partial charge < -0.3 is 10.2 Å². The summed E-state index contributed by atoms with van der Waals surface area (Å²) < 4.78 is 0. The first-order valence-corrected chi connectivity index (χ1v) is 8.98. The first-order chi connectivity index (χ1) is 11.3. The third kappa shape index (κ3) is 3.51. The van der Waals surface area contributed by atoms with Crippen molar-refractivity contribution in [2.45, 2.75) is 33.7 Å². The zero-order valence-corrected chi connectivity index (χ0v) is 15.1. The molecule has 2 heterocycles. The van der Waals surface area contributed by atoms with Crippen LogP contribution in [-0.2, 0) is 17.8 Å². The van der Waals surface area contributed by atoms with E-state index in [0.717, 1.165) is 13.0 Å². The van der Waals surface area contributed by atoms with Crippen molar-refractivity contribution in [2.75, 3.05) is 11.9 Å². The summed E-state index contributed by atoms with van der Waals surface area (Å²) in [5.74, 6) is -0.0494. The number of nitrogens with one attached hydrogen (secondary N) is 1. The molecule has 0 bridgehead atoms. The van der Waals surface area contributed by atoms with Gasteiger partial charge in [0.05, 0.1) is 0 Å². The number of carbonyl (C=O) groups excluding carboxylic acids is 2. The molecular formula is C19H22N2O2S. The fourth-order valence-corrected chi connectivity index (χ4v) is 3.54. The van der Waals surface area contributed by atoms with Crippen molar-refractivity contribution in [3.8, 4) is 0 Å². The van der Waals surface area contributed by atoms with E-state index in [4.69, 9.17) is 0 Å². The zero-order chi connectivity index (χ0) is 17.3. The molecule has 0 saturated carbocycles. The second-order valence-electron chi connectivity index (χ2n) is 7.13. The highest BCUT2D eigenvalue weighted by atomic mass is 32.1. The summed E-state index contributed by atoms with van der Waals surface area (Å²) in [5.41, 5.74) is 2.05. The molecule has 0 saturated heterocycles. The van der Waals surface area contributed by atoms with Gasteiger partial charge >= 0.3 is 0 Å². The van der Waals surface area contributed by atoms with Crippen LogP contribution in [0.15, 0.2) is 35.7 Å². The van der Waals surface area contributed by atoms with Crippen LogP contribution in [0.5, 0.6) is 0 Å². The zero-order valence-electron chi connectivity index (χ0n) is 14.3. The first kappa shape index (κ1) is 16.7. The molecule has 4 nitrogen and oxygen atoms in total. The number of anilines is 1. The molecule has 0 unspecified atom stereocenters. The molecular weight excluding hydrogens is 320 g/mol. The number of nitrogens with zero attached hydrogens (tertiary/aromatic N) is 1. The molecule has 5 heteroatoms. The van der Waals surface area contributed by atoms with E-state index in [1.165, 1.54) is 10.4 Å². The smallest absolute Gasteiger partial charge is 0.254 e. The molecule has 0 radical (unpaired) electrons. The number of hydrogen-bond acceptors (Lipinski definition) is 3. The standard InChI is InChI=1S/C19H22N2O2S/c1-19(2,3)18(23)20-15-6-4-5-13(11-15)17(22)21-9-7-16-14(12-21)8-10-24-16/h4-6,8,10-11H,7,9,12H2,1-3H3,(H,20,23). The van der Waals surface area contributed by atoms with Gasteiger partial charge in [0.25, 0.3) is 5.91 Å². The Balaban J connectivity index is 1.74. The fraction of sp³-hybridized carbons (Fsp3) is 0.368. The molecule has 2 aromatic rings. The number of thiophene rings is 1. The number of amides is 2. The number of benzene rings is 1. The summed E-state index contributed by atoms with van der Waals surface area (Å²) >= 11 is 1.76. The van der Waals surface area contributed by atoms with E-state index in [1.54, 1.807) is 23.5 Å². The normalized spacial score (nSPS) is 14.2. The van der Waals surface area contributed by atoms with Crippen molar-refractivity contribution in [1.82, 2.24) is 4.90 Å². The van der Waals surface area contributed by atoms with Crippen LogP contribution in [-0.4, -0.2) is 23.3 Å². The second-order valence-corrected chi connectivity index (χ2v) is 8.13. The molecule has 1 aliphatic heterocycles. The Morgan fingerprint density at radius 2 is 2.00 bits per heavy atom. The van der Waals surface area contributed by atoms with Crippen LogP contribution in [0.25, 0.3) is 0 Å². The maximum atomic E-state index is 12.8. The maximum absolute atomic E-state index is 12.8. The molecule has 1 aromatic heterocycles. The van der Waals surface area contributed by atoms with Crippen molar-refractivity contribution in [2.24, 2.45) is 5.41 Å². The van der Waals surface area contributed by atoms with Crippen molar-refractivity contribution >= 4 is 28.8 Å². The number of carbonyl (C=O) groups is 2. The summed E-state index contributed by atoms with van der Waals surface area (Å²) in [5, 5.41) is 4.97. The van der Waals surface area contributed by atoms with Crippen LogP contribution in [0.1, 0.15) is 41.6 Å². The highest BCUT2D eigenvalue weighted by Gasteiger charge is 2.24. The van der Waals surface area contributed by atoms with Gasteiger partial charge in [-0.05, 0) is 41.6 Å². The third-order valence-electron chi connectivity index (χ3n) is 4.14. The Labute approximate surface area is 146 Å². The lowest BCUT2D eigenvalue weighted by Gasteiger charge is -2.27. The molecule has 1 aliphatic rings. The Morgan fingerprint density at radius 3 is 2.75 bits per heavy atom. The number of rotatable bonds is 2. The molecule has 24 heavy (non-hydrogen) atoms. The lowest BCUT2D eigenvalue weighted by atomic mass is 9.95. The summed E-state index contributed by atoms with van der Waals surface area (Å²) in [6.07, 6.45) is 0.916. The van der Waals surface area contributed by atoms with E-state index >= 15 is 0 Å². The van der Waals surface area contributed by atoms with Crippen LogP contribution < -0.4 is 5.32 Å². The minimum Gasteiger partial charge on any atom is -0.334 e. The van der Waals surface area contributed by atoms with E-state index < -0.39 is 5.41 Å². The molecule has 2 amide bonds. The van der Waals surface area contributed by atoms with Crippen molar-refractivity contribution in [3.05, 3.63) is 51.7 Å². The Kier molecular flexibility index (Phi) is 4.45. The lowest BCUT2D eigenvalue weighted by molar-refractivity contribution is -0.123. The SMILES string of the molecule is CC(C)(C)C(=O)Nc1cccc(C(=O)N2CCc3sccc3C2)c1. The highest BCUT2D eigenvalue weighted by molar-refractivity contribution is 7.10. The van der Waals surface area contributed by atoms with E-state index in [-0.39, 0.29) is 11.8 Å². The highest BCUT2D eigenvalue weighted by Crippen LogP contribution is 2.25. The van der Waals surface area contributed by atoms with Gasteiger partial charge in [0, 0.05) is 34.6 Å². The number of hydrogen-bond donors (Lipinski definition) is 1. The van der Waals surface area contributed by atoms with Crippen LogP contribution in [0.2, 0.25) is 0 Å². The van der Waals surface area contributed by atoms with Crippen molar-refractivity contribution in [1.29, 1.82) is 0 Å². The van der Waals surface area contributed by atoms with E-state index in [2.05, 4.69) is 16.8 Å². The van der Waals surface area contributed by atoms with Gasteiger partial charge in [-0.3, -0.25) is 9.59 Å². The summed E-state index contributed by atoms with van der Waals surface area (Å²) in [6.45, 7) is 7.00. The van der Waals surface area contributed by atoms with E-state index in [9.17, 15) is 9.59 Å². The van der Waals surface area contributed by atoms with Crippen LogP contribution in [0, 0.1) is 5.41 Å². The van der Waals surface area contributed by atoms with Crippen LogP contribution in [0.3, 0.4) is 0 Å². The van der Waals surface area contributed by atoms with E-state index in [0.29, 0.717) is 17.8 Å². The Hall–Kier alpha value is -2.14. The van der Waals surface area contributed by atoms with Crippen LogP contribution in [0.4, 0.5) is 5.69 Å². The molecule has 1 aromatic carbocycles. The largest absolute Gasteiger partial charge is 0.334 e. The maximum Gasteiger partial charge on any atom is 0.254 e. The molecule has 0 aliphatic carbocycles. The monoisotopic (exact) mass is 342 g/mol. The van der Waals surface area contributed by atoms with Crippen molar-refractivity contribution in [3.63, 3.8) is 0 Å². The summed E-state index contributed by atoms with van der Waals surface area (Å²) in [6, 6.07) is 9.28. The average Bonchev–Trinajstić information content (AvgIpc) is 3.01. The van der Waals surface area contributed by atoms with Crippen molar-refractivity contribution < 1.29 is 9.59 Å². The molecule has 3 rings (SSSR count). The fourth-order valence-electron chi connectivity index (χ4n) is 2.65. The van der Waals surface area contributed by atoms with Gasteiger partial charge in [0.2, 0.25) is 5.91 Å². The summed E-state index contributed by atoms with van der Waals surface area (Å²) in [4.78, 5) is 28.2. The lowest BCUT2D eigenvalue weighted by Crippen LogP contribution is -2.35. The average molecular weight is 342 g/mol. The van der Waals surface area contributed by atoms with Gasteiger partial charge in [0.15, 0.2) is 0 Å². The predicted octanol–water partition coefficient (Wildman–Crippen LogP) is 3.93. The van der Waals surface area contributed by atoms with E-state index in [1.807, 2.05) is 37.8 Å².